The number of aliphatic hydroxyl groups is 3. The number of rotatable bonds is 4. The zero-order valence-electron chi connectivity index (χ0n) is 14.2. The molecule has 0 unspecified atom stereocenters. The molecule has 0 bridgehead atoms. The molecular weight excluding hydrogens is 383 g/mol. The lowest BCUT2D eigenvalue weighted by Gasteiger charge is -2.42. The third kappa shape index (κ3) is 4.30. The van der Waals surface area contributed by atoms with Crippen LogP contribution in [0.1, 0.15) is 27.7 Å². The Balaban J connectivity index is 0.00000139. The van der Waals surface area contributed by atoms with Crippen LogP contribution in [0, 0.1) is 5.92 Å². The van der Waals surface area contributed by atoms with Gasteiger partial charge in [0.25, 0.3) is 0 Å². The Bertz CT molecular complexity index is 390. The molecule has 0 aromatic carbocycles. The van der Waals surface area contributed by atoms with Crippen molar-refractivity contribution < 1.29 is 29.5 Å². The van der Waals surface area contributed by atoms with Gasteiger partial charge in [-0.1, -0.05) is 20.8 Å². The molecule has 0 saturated carbocycles. The normalized spacial score (nSPS) is 48.8. The molecule has 2 fully saturated rings. The van der Waals surface area contributed by atoms with Gasteiger partial charge in [-0.3, -0.25) is 0 Å². The molecule has 144 valence electrons. The van der Waals surface area contributed by atoms with E-state index in [1.54, 1.807) is 13.8 Å². The van der Waals surface area contributed by atoms with E-state index in [4.69, 9.17) is 49.0 Å². The summed E-state index contributed by atoms with van der Waals surface area (Å²) in [4.78, 5) is 0. The minimum Gasteiger partial charge on any atom is -0.389 e. The highest BCUT2D eigenvalue weighted by molar-refractivity contribution is 6.21. The van der Waals surface area contributed by atoms with E-state index in [1.165, 1.54) is 0 Å². The standard InChI is InChI=1S/C13H21Cl3O6.C2H6/c1-5-7(3-14)21-13(4-15,11(5)19)22-12-10(18)9(17)8(16)6(2)20-12;1-2/h5-12,17-19H,3-4H2,1-2H3;1-2H3/t5-,6-,7-,8+,9+,10-,11+,12-,13+;/m1./s1. The van der Waals surface area contributed by atoms with Crippen LogP contribution in [0.15, 0.2) is 0 Å². The highest BCUT2D eigenvalue weighted by atomic mass is 35.5. The number of halogens is 3. The number of ether oxygens (including phenoxy) is 3. The van der Waals surface area contributed by atoms with Gasteiger partial charge >= 0.3 is 0 Å². The highest BCUT2D eigenvalue weighted by Gasteiger charge is 2.56. The second-order valence-corrected chi connectivity index (χ2v) is 6.89. The second-order valence-electron chi connectivity index (χ2n) is 5.81. The van der Waals surface area contributed by atoms with E-state index in [1.807, 2.05) is 13.8 Å². The monoisotopic (exact) mass is 408 g/mol. The van der Waals surface area contributed by atoms with Crippen LogP contribution in [0.3, 0.4) is 0 Å². The van der Waals surface area contributed by atoms with Crippen molar-refractivity contribution in [2.45, 2.75) is 75.7 Å². The SMILES string of the molecule is CC.C[C@@H]1[C@@H](CCl)O[C@@](CCl)(O[C@H]2O[C@H](C)[C@H](Cl)[C@H](O)[C@H]2O)[C@H]1O. The molecule has 3 N–H and O–H groups in total. The summed E-state index contributed by atoms with van der Waals surface area (Å²) >= 11 is 17.7. The molecule has 2 heterocycles. The molecule has 9 heteroatoms. The van der Waals surface area contributed by atoms with Crippen LogP contribution in [0.4, 0.5) is 0 Å². The first kappa shape index (κ1) is 22.7. The first-order chi connectivity index (χ1) is 11.3. The van der Waals surface area contributed by atoms with Crippen LogP contribution in [-0.4, -0.2) is 75.1 Å². The number of alkyl halides is 3. The predicted octanol–water partition coefficient (Wildman–Crippen LogP) is 1.67. The molecule has 0 aliphatic carbocycles. The van der Waals surface area contributed by atoms with E-state index in [0.29, 0.717) is 0 Å². The van der Waals surface area contributed by atoms with E-state index in [0.717, 1.165) is 0 Å². The fraction of sp³-hybridized carbons (Fsp3) is 1.00. The molecule has 2 aliphatic rings. The van der Waals surface area contributed by atoms with Crippen LogP contribution in [0.2, 0.25) is 0 Å². The molecule has 2 aliphatic heterocycles. The van der Waals surface area contributed by atoms with Crippen molar-refractivity contribution in [3.05, 3.63) is 0 Å². The van der Waals surface area contributed by atoms with Crippen LogP contribution in [0.25, 0.3) is 0 Å². The van der Waals surface area contributed by atoms with Crippen LogP contribution in [0.5, 0.6) is 0 Å². The smallest absolute Gasteiger partial charge is 0.211 e. The van der Waals surface area contributed by atoms with Crippen molar-refractivity contribution in [3.63, 3.8) is 0 Å². The van der Waals surface area contributed by atoms with Crippen molar-refractivity contribution in [2.24, 2.45) is 5.92 Å². The van der Waals surface area contributed by atoms with E-state index < -0.39 is 48.0 Å². The van der Waals surface area contributed by atoms with Crippen LogP contribution >= 0.6 is 34.8 Å². The van der Waals surface area contributed by atoms with Gasteiger partial charge in [0.05, 0.1) is 23.5 Å². The fourth-order valence-corrected chi connectivity index (χ4v) is 3.57. The summed E-state index contributed by atoms with van der Waals surface area (Å²) in [5.41, 5.74) is 0. The van der Waals surface area contributed by atoms with Gasteiger partial charge in [-0.25, -0.2) is 0 Å². The van der Waals surface area contributed by atoms with E-state index in [9.17, 15) is 15.3 Å². The summed E-state index contributed by atoms with van der Waals surface area (Å²) in [6, 6.07) is 0. The maximum atomic E-state index is 10.4. The van der Waals surface area contributed by atoms with Crippen molar-refractivity contribution in [1.29, 1.82) is 0 Å². The third-order valence-corrected chi connectivity index (χ3v) is 5.58. The molecule has 0 spiro atoms. The minimum atomic E-state index is -1.56. The Hall–Kier alpha value is 0.630. The van der Waals surface area contributed by atoms with Crippen molar-refractivity contribution in [1.82, 2.24) is 0 Å². The number of aliphatic hydroxyl groups excluding tert-OH is 3. The molecule has 2 rings (SSSR count). The first-order valence-electron chi connectivity index (χ1n) is 8.08. The summed E-state index contributed by atoms with van der Waals surface area (Å²) < 4.78 is 16.8. The maximum absolute atomic E-state index is 10.4. The quantitative estimate of drug-likeness (QED) is 0.612. The lowest BCUT2D eigenvalue weighted by molar-refractivity contribution is -0.354. The van der Waals surface area contributed by atoms with E-state index in [2.05, 4.69) is 0 Å². The van der Waals surface area contributed by atoms with Gasteiger partial charge in [0.1, 0.15) is 18.3 Å². The molecule has 2 saturated heterocycles. The van der Waals surface area contributed by atoms with Gasteiger partial charge in [-0.15, -0.1) is 34.8 Å². The van der Waals surface area contributed by atoms with Crippen LogP contribution in [-0.2, 0) is 14.2 Å². The van der Waals surface area contributed by atoms with Gasteiger partial charge < -0.3 is 29.5 Å². The largest absolute Gasteiger partial charge is 0.389 e. The third-order valence-electron chi connectivity index (χ3n) is 4.29. The molecule has 0 amide bonds. The van der Waals surface area contributed by atoms with Gasteiger partial charge in [-0.05, 0) is 6.92 Å². The van der Waals surface area contributed by atoms with Crippen molar-refractivity contribution >= 4 is 34.8 Å². The van der Waals surface area contributed by atoms with Gasteiger partial charge in [-0.2, -0.15) is 0 Å². The molecular formula is C15H27Cl3O6. The van der Waals surface area contributed by atoms with Crippen molar-refractivity contribution in [2.75, 3.05) is 11.8 Å². The Morgan fingerprint density at radius 1 is 1.08 bits per heavy atom. The highest BCUT2D eigenvalue weighted by Crippen LogP contribution is 2.40. The number of hydrogen-bond acceptors (Lipinski definition) is 6. The average Bonchev–Trinajstić information content (AvgIpc) is 2.84. The molecule has 0 radical (unpaired) electrons. The van der Waals surface area contributed by atoms with Gasteiger partial charge in [0.15, 0.2) is 6.29 Å². The summed E-state index contributed by atoms with van der Waals surface area (Å²) in [5, 5.41) is 29.6. The molecule has 0 aromatic heterocycles. The summed E-state index contributed by atoms with van der Waals surface area (Å²) in [7, 11) is 0. The second kappa shape index (κ2) is 9.53. The van der Waals surface area contributed by atoms with E-state index >= 15 is 0 Å². The first-order valence-corrected chi connectivity index (χ1v) is 9.59. The lowest BCUT2D eigenvalue weighted by atomic mass is 9.97. The zero-order chi connectivity index (χ0) is 18.7. The molecule has 6 nitrogen and oxygen atoms in total. The average molecular weight is 410 g/mol. The lowest BCUT2D eigenvalue weighted by Crippen LogP contribution is -2.59. The van der Waals surface area contributed by atoms with Gasteiger partial charge in [0.2, 0.25) is 5.79 Å². The summed E-state index contributed by atoms with van der Waals surface area (Å²) in [6.45, 7) is 7.41. The summed E-state index contributed by atoms with van der Waals surface area (Å²) in [5.74, 6) is -1.89. The Kier molecular flexibility index (Phi) is 9.00. The summed E-state index contributed by atoms with van der Waals surface area (Å²) in [6.07, 6.45) is -5.90. The Morgan fingerprint density at radius 3 is 2.12 bits per heavy atom. The number of hydrogen-bond donors (Lipinski definition) is 3. The molecule has 0 aromatic rings. The van der Waals surface area contributed by atoms with Crippen molar-refractivity contribution in [3.8, 4) is 0 Å². The maximum Gasteiger partial charge on any atom is 0.211 e. The fourth-order valence-electron chi connectivity index (χ4n) is 2.74. The van der Waals surface area contributed by atoms with Crippen LogP contribution < -0.4 is 0 Å². The minimum absolute atomic E-state index is 0.164. The topological polar surface area (TPSA) is 88.4 Å². The molecule has 24 heavy (non-hydrogen) atoms. The predicted molar refractivity (Wildman–Crippen MR) is 92.6 cm³/mol. The zero-order valence-corrected chi connectivity index (χ0v) is 16.5. The Labute approximate surface area is 157 Å². The van der Waals surface area contributed by atoms with E-state index in [-0.39, 0.29) is 17.7 Å². The molecule has 9 atom stereocenters. The van der Waals surface area contributed by atoms with Gasteiger partial charge in [0, 0.05) is 11.8 Å². The Morgan fingerprint density at radius 2 is 1.67 bits per heavy atom.